The Kier molecular flexibility index (Phi) is 10.7. The lowest BCUT2D eigenvalue weighted by Gasteiger charge is -2.26. The number of hydrogen-bond acceptors (Lipinski definition) is 7. The van der Waals surface area contributed by atoms with Crippen LogP contribution in [-0.2, 0) is 20.7 Å². The number of allylic oxidation sites excluding steroid dienone is 1. The van der Waals surface area contributed by atoms with Gasteiger partial charge in [0.25, 0.3) is 0 Å². The van der Waals surface area contributed by atoms with E-state index in [4.69, 9.17) is 14.2 Å². The fraction of sp³-hybridized carbons (Fsp3) is 0.433. The van der Waals surface area contributed by atoms with Crippen LogP contribution in [0.1, 0.15) is 57.9 Å². The zero-order valence-corrected chi connectivity index (χ0v) is 21.9. The molecule has 0 unspecified atom stereocenters. The van der Waals surface area contributed by atoms with E-state index in [0.29, 0.717) is 36.6 Å². The van der Waals surface area contributed by atoms with Gasteiger partial charge in [0, 0.05) is 38.0 Å². The first-order chi connectivity index (χ1) is 17.9. The molecule has 1 aliphatic rings. The molecule has 0 spiro atoms. The lowest BCUT2D eigenvalue weighted by Crippen LogP contribution is -2.29. The molecule has 2 aromatic carbocycles. The monoisotopic (exact) mass is 507 g/mol. The number of methoxy groups -OCH3 is 1. The summed E-state index contributed by atoms with van der Waals surface area (Å²) < 4.78 is 17.0. The van der Waals surface area contributed by atoms with Crippen molar-refractivity contribution >= 4 is 18.0 Å². The molecule has 1 aliphatic heterocycles. The van der Waals surface area contributed by atoms with Crippen molar-refractivity contribution in [3.63, 3.8) is 0 Å². The van der Waals surface area contributed by atoms with Crippen molar-refractivity contribution in [1.29, 1.82) is 0 Å². The highest BCUT2D eigenvalue weighted by atomic mass is 16.5. The van der Waals surface area contributed by atoms with E-state index in [1.807, 2.05) is 18.3 Å². The maximum atomic E-state index is 13.0. The number of nitrogens with zero attached hydrogens (tertiary/aromatic N) is 1. The van der Waals surface area contributed by atoms with Crippen LogP contribution in [0.5, 0.6) is 23.0 Å². The number of benzene rings is 2. The fourth-order valence-corrected chi connectivity index (χ4v) is 4.47. The summed E-state index contributed by atoms with van der Waals surface area (Å²) in [6.07, 6.45) is 8.30. The van der Waals surface area contributed by atoms with Gasteiger partial charge < -0.3 is 19.3 Å². The Morgan fingerprint density at radius 3 is 2.65 bits per heavy atom. The van der Waals surface area contributed by atoms with Crippen LogP contribution < -0.4 is 9.47 Å². The van der Waals surface area contributed by atoms with E-state index in [1.54, 1.807) is 31.4 Å². The molecule has 7 heteroatoms. The third-order valence-corrected chi connectivity index (χ3v) is 6.38. The van der Waals surface area contributed by atoms with Crippen LogP contribution in [0.25, 0.3) is 0 Å². The highest BCUT2D eigenvalue weighted by Crippen LogP contribution is 2.34. The van der Waals surface area contributed by atoms with E-state index in [2.05, 4.69) is 18.0 Å². The summed E-state index contributed by atoms with van der Waals surface area (Å²) in [7, 11) is 1.56. The molecule has 1 heterocycles. The second-order valence-electron chi connectivity index (χ2n) is 9.36. The van der Waals surface area contributed by atoms with Gasteiger partial charge >= 0.3 is 5.97 Å². The fourth-order valence-electron chi connectivity index (χ4n) is 4.47. The van der Waals surface area contributed by atoms with E-state index >= 15 is 0 Å². The smallest absolute Gasteiger partial charge is 0.302 e. The minimum atomic E-state index is -0.445. The molecule has 37 heavy (non-hydrogen) atoms. The normalized spacial score (nSPS) is 14.1. The maximum absolute atomic E-state index is 13.0. The lowest BCUT2D eigenvalue weighted by atomic mass is 9.86. The molecule has 0 aromatic heterocycles. The summed E-state index contributed by atoms with van der Waals surface area (Å²) in [6.45, 7) is 4.22. The van der Waals surface area contributed by atoms with Crippen molar-refractivity contribution < 1.29 is 28.9 Å². The Labute approximate surface area is 219 Å². The predicted octanol–water partition coefficient (Wildman–Crippen LogP) is 6.22. The molecule has 0 amide bonds. The van der Waals surface area contributed by atoms with E-state index < -0.39 is 6.10 Å². The van der Waals surface area contributed by atoms with Gasteiger partial charge in [-0.25, -0.2) is 0 Å². The average molecular weight is 508 g/mol. The molecule has 0 bridgehead atoms. The first-order valence-electron chi connectivity index (χ1n) is 12.9. The zero-order chi connectivity index (χ0) is 26.6. The average Bonchev–Trinajstić information content (AvgIpc) is 3.38. The van der Waals surface area contributed by atoms with Crippen molar-refractivity contribution in [3.05, 3.63) is 59.7 Å². The van der Waals surface area contributed by atoms with Crippen molar-refractivity contribution in [1.82, 2.24) is 0 Å². The van der Waals surface area contributed by atoms with Crippen molar-refractivity contribution in [3.8, 4) is 23.0 Å². The number of esters is 1. The molecular formula is C30H37NO6. The summed E-state index contributed by atoms with van der Waals surface area (Å²) in [5, 5.41) is 9.66. The molecule has 0 radical (unpaired) electrons. The summed E-state index contributed by atoms with van der Waals surface area (Å²) in [6, 6.07) is 12.1. The van der Waals surface area contributed by atoms with Crippen LogP contribution in [0.3, 0.4) is 0 Å². The first-order valence-corrected chi connectivity index (χ1v) is 12.9. The number of ether oxygens (including phenoxy) is 3. The molecule has 7 nitrogen and oxygen atoms in total. The van der Waals surface area contributed by atoms with E-state index in [9.17, 15) is 14.7 Å². The molecule has 2 aromatic rings. The first kappa shape index (κ1) is 28.0. The number of phenolic OH excluding ortho intramolecular Hbond substituents is 1. The second-order valence-corrected chi connectivity index (χ2v) is 9.36. The molecular weight excluding hydrogens is 470 g/mol. The molecule has 3 rings (SSSR count). The number of aromatic hydroxyl groups is 1. The number of unbranched alkanes of at least 4 members (excludes halogenated alkanes) is 1. The van der Waals surface area contributed by atoms with Crippen LogP contribution >= 0.6 is 0 Å². The number of phenols is 1. The summed E-state index contributed by atoms with van der Waals surface area (Å²) in [5.74, 6) is 1.44. The van der Waals surface area contributed by atoms with Crippen LogP contribution in [-0.4, -0.2) is 42.8 Å². The van der Waals surface area contributed by atoms with Crippen molar-refractivity contribution in [2.45, 2.75) is 64.9 Å². The molecule has 198 valence electrons. The largest absolute Gasteiger partial charge is 0.508 e. The Balaban J connectivity index is 1.63. The maximum Gasteiger partial charge on any atom is 0.302 e. The summed E-state index contributed by atoms with van der Waals surface area (Å²) in [4.78, 5) is 29.1. The number of ketones is 1. The molecule has 0 saturated heterocycles. The van der Waals surface area contributed by atoms with Crippen molar-refractivity contribution in [2.24, 2.45) is 10.9 Å². The predicted molar refractivity (Wildman–Crippen MR) is 144 cm³/mol. The number of Topliss-reactive ketones (excluding diaryl/α,β-unsaturated/α-hetero) is 1. The Bertz CT molecular complexity index is 1120. The number of rotatable bonds is 15. The molecule has 0 saturated carbocycles. The van der Waals surface area contributed by atoms with Gasteiger partial charge in [0.2, 0.25) is 0 Å². The highest BCUT2D eigenvalue weighted by molar-refractivity contribution is 5.81. The van der Waals surface area contributed by atoms with Gasteiger partial charge in [0.15, 0.2) is 11.5 Å². The lowest BCUT2D eigenvalue weighted by molar-refractivity contribution is -0.150. The third-order valence-electron chi connectivity index (χ3n) is 6.38. The molecule has 0 aliphatic carbocycles. The Morgan fingerprint density at radius 1 is 1.14 bits per heavy atom. The number of carbonyl (C=O) groups is 2. The van der Waals surface area contributed by atoms with Crippen LogP contribution in [0.15, 0.2) is 59.1 Å². The van der Waals surface area contributed by atoms with Crippen molar-refractivity contribution in [2.75, 3.05) is 13.7 Å². The zero-order valence-electron chi connectivity index (χ0n) is 21.9. The second kappa shape index (κ2) is 14.2. The highest BCUT2D eigenvalue weighted by Gasteiger charge is 2.27. The Hall–Kier alpha value is -3.61. The number of aliphatic imine (C=N–C) groups is 1. The van der Waals surface area contributed by atoms with Crippen LogP contribution in [0, 0.1) is 5.92 Å². The standard InChI is InChI=1S/C30H37NO6/c1-4-5-7-24(16-23-14-15-31-20-23)29(36-21(2)32)19-26(34)12-10-22-11-13-28(30(17-22)35-3)37-27-9-6-8-25(33)18-27/h6,8-9,11,13-14,17-18,20,24,29,33H,4-5,7,10,12,15-16,19H2,1-3H3/t24-,29+/m1/s1. The summed E-state index contributed by atoms with van der Waals surface area (Å²) >= 11 is 0. The molecule has 0 fully saturated rings. The van der Waals surface area contributed by atoms with E-state index in [-0.39, 0.29) is 29.8 Å². The topological polar surface area (TPSA) is 94.4 Å². The third kappa shape index (κ3) is 9.08. The molecule has 1 N–H and O–H groups in total. The number of carbonyl (C=O) groups excluding carboxylic acids is 2. The Morgan fingerprint density at radius 2 is 1.97 bits per heavy atom. The minimum absolute atomic E-state index is 0.0564. The van der Waals surface area contributed by atoms with Gasteiger partial charge in [-0.2, -0.15) is 0 Å². The van der Waals surface area contributed by atoms with Gasteiger partial charge in [-0.05, 0) is 54.7 Å². The summed E-state index contributed by atoms with van der Waals surface area (Å²) in [5.41, 5.74) is 2.08. The van der Waals surface area contributed by atoms with Crippen LogP contribution in [0.4, 0.5) is 0 Å². The quantitative estimate of drug-likeness (QED) is 0.288. The SMILES string of the molecule is CCCC[C@H](CC1=CCN=C1)[C@H](CC(=O)CCc1ccc(Oc2cccc(O)c2)c(OC)c1)OC(C)=O. The van der Waals surface area contributed by atoms with Gasteiger partial charge in [-0.3, -0.25) is 14.6 Å². The van der Waals surface area contributed by atoms with Crippen LogP contribution in [0.2, 0.25) is 0 Å². The number of hydrogen-bond donors (Lipinski definition) is 1. The van der Waals surface area contributed by atoms with Gasteiger partial charge in [-0.1, -0.05) is 38.0 Å². The van der Waals surface area contributed by atoms with E-state index in [0.717, 1.165) is 36.8 Å². The van der Waals surface area contributed by atoms with Gasteiger partial charge in [-0.15, -0.1) is 0 Å². The molecule has 2 atom stereocenters. The minimum Gasteiger partial charge on any atom is -0.508 e. The van der Waals surface area contributed by atoms with Gasteiger partial charge in [0.1, 0.15) is 23.4 Å². The number of aryl methyl sites for hydroxylation is 1. The van der Waals surface area contributed by atoms with Gasteiger partial charge in [0.05, 0.1) is 13.7 Å². The van der Waals surface area contributed by atoms with E-state index in [1.165, 1.54) is 13.0 Å².